The average molecular weight is 485 g/mol. The van der Waals surface area contributed by atoms with Gasteiger partial charge in [-0.15, -0.1) is 0 Å². The zero-order valence-electron chi connectivity index (χ0n) is 19.6. The first-order valence-corrected chi connectivity index (χ1v) is 11.9. The fraction of sp³-hybridized carbons (Fsp3) is 0.214. The lowest BCUT2D eigenvalue weighted by molar-refractivity contribution is -0.384. The predicted molar refractivity (Wildman–Crippen MR) is 134 cm³/mol. The lowest BCUT2D eigenvalue weighted by atomic mass is 9.90. The van der Waals surface area contributed by atoms with Crippen molar-refractivity contribution in [1.29, 1.82) is 0 Å². The Labute approximate surface area is 207 Å². The molecule has 36 heavy (non-hydrogen) atoms. The van der Waals surface area contributed by atoms with Crippen LogP contribution in [-0.2, 0) is 6.42 Å². The highest BCUT2D eigenvalue weighted by Gasteiger charge is 2.27. The number of piperidine rings is 1. The molecule has 2 heterocycles. The molecule has 1 aliphatic rings. The Morgan fingerprint density at radius 3 is 2.39 bits per heavy atom. The van der Waals surface area contributed by atoms with Crippen molar-refractivity contribution in [3.8, 4) is 16.9 Å². The second kappa shape index (κ2) is 10.1. The Balaban J connectivity index is 1.42. The molecule has 0 radical (unpaired) electrons. The van der Waals surface area contributed by atoms with Crippen LogP contribution in [-0.4, -0.2) is 38.6 Å². The van der Waals surface area contributed by atoms with Gasteiger partial charge in [-0.1, -0.05) is 36.4 Å². The van der Waals surface area contributed by atoms with Crippen LogP contribution < -0.4 is 0 Å². The molecule has 1 aromatic heterocycles. The molecule has 182 valence electrons. The monoisotopic (exact) mass is 484 g/mol. The summed E-state index contributed by atoms with van der Waals surface area (Å²) in [6, 6.07) is 23.9. The molecule has 1 aliphatic heterocycles. The number of nitro benzene ring substituents is 1. The SMILES string of the molecule is O=C(c1cc(-c2ccc(F)cc2)nn1-c1cccc([N+](=O)[O-])c1)N1CCC(Cc2ccccc2)CC1. The van der Waals surface area contributed by atoms with Gasteiger partial charge in [-0.2, -0.15) is 5.10 Å². The van der Waals surface area contributed by atoms with E-state index in [1.807, 2.05) is 23.1 Å². The molecule has 0 N–H and O–H groups in total. The fourth-order valence-electron chi connectivity index (χ4n) is 4.68. The number of hydrogen-bond donors (Lipinski definition) is 0. The molecular formula is C28H25FN4O3. The summed E-state index contributed by atoms with van der Waals surface area (Å²) in [5.74, 6) is -0.0417. The number of carbonyl (C=O) groups excluding carboxylic acids is 1. The Hall–Kier alpha value is -4.33. The Kier molecular flexibility index (Phi) is 6.58. The maximum absolute atomic E-state index is 13.6. The molecule has 0 bridgehead atoms. The van der Waals surface area contributed by atoms with E-state index in [0.29, 0.717) is 41.6 Å². The first-order chi connectivity index (χ1) is 17.5. The number of halogens is 1. The van der Waals surface area contributed by atoms with Crippen molar-refractivity contribution in [2.24, 2.45) is 5.92 Å². The zero-order chi connectivity index (χ0) is 25.1. The van der Waals surface area contributed by atoms with Crippen molar-refractivity contribution >= 4 is 11.6 Å². The molecule has 4 aromatic rings. The number of likely N-dealkylation sites (tertiary alicyclic amines) is 1. The van der Waals surface area contributed by atoms with E-state index >= 15 is 0 Å². The Morgan fingerprint density at radius 1 is 0.972 bits per heavy atom. The van der Waals surface area contributed by atoms with Gasteiger partial charge in [-0.25, -0.2) is 9.07 Å². The van der Waals surface area contributed by atoms with Gasteiger partial charge >= 0.3 is 0 Å². The Bertz CT molecular complexity index is 1380. The van der Waals surface area contributed by atoms with Crippen LogP contribution in [0.25, 0.3) is 16.9 Å². The van der Waals surface area contributed by atoms with Gasteiger partial charge < -0.3 is 4.90 Å². The summed E-state index contributed by atoms with van der Waals surface area (Å²) in [5, 5.41) is 15.9. The van der Waals surface area contributed by atoms with Crippen LogP contribution in [0, 0.1) is 21.8 Å². The quantitative estimate of drug-likeness (QED) is 0.260. The first-order valence-electron chi connectivity index (χ1n) is 11.9. The normalized spacial score (nSPS) is 14.1. The number of non-ortho nitro benzene ring substituents is 1. The van der Waals surface area contributed by atoms with Gasteiger partial charge in [0.1, 0.15) is 11.5 Å². The number of amides is 1. The van der Waals surface area contributed by atoms with Gasteiger partial charge in [-0.3, -0.25) is 14.9 Å². The van der Waals surface area contributed by atoms with Crippen LogP contribution in [0.1, 0.15) is 28.9 Å². The van der Waals surface area contributed by atoms with E-state index in [9.17, 15) is 19.3 Å². The lowest BCUT2D eigenvalue weighted by Gasteiger charge is -2.32. The topological polar surface area (TPSA) is 81.3 Å². The minimum absolute atomic E-state index is 0.0912. The molecule has 7 nitrogen and oxygen atoms in total. The predicted octanol–water partition coefficient (Wildman–Crippen LogP) is 5.68. The lowest BCUT2D eigenvalue weighted by Crippen LogP contribution is -2.39. The van der Waals surface area contributed by atoms with Crippen molar-refractivity contribution in [3.05, 3.63) is 112 Å². The number of rotatable bonds is 6. The van der Waals surface area contributed by atoms with Gasteiger partial charge in [0, 0.05) is 30.8 Å². The van der Waals surface area contributed by atoms with E-state index in [1.165, 1.54) is 34.5 Å². The van der Waals surface area contributed by atoms with Crippen LogP contribution in [0.4, 0.5) is 10.1 Å². The summed E-state index contributed by atoms with van der Waals surface area (Å²) in [4.78, 5) is 26.3. The number of aromatic nitrogens is 2. The first kappa shape index (κ1) is 23.4. The van der Waals surface area contributed by atoms with Gasteiger partial charge in [0.2, 0.25) is 0 Å². The summed E-state index contributed by atoms with van der Waals surface area (Å²) in [7, 11) is 0. The summed E-state index contributed by atoms with van der Waals surface area (Å²) in [6.45, 7) is 1.25. The Morgan fingerprint density at radius 2 is 1.69 bits per heavy atom. The highest BCUT2D eigenvalue weighted by Crippen LogP contribution is 2.27. The second-order valence-corrected chi connectivity index (χ2v) is 9.04. The van der Waals surface area contributed by atoms with Gasteiger partial charge in [0.05, 0.1) is 16.3 Å². The largest absolute Gasteiger partial charge is 0.337 e. The smallest absolute Gasteiger partial charge is 0.272 e. The highest BCUT2D eigenvalue weighted by molar-refractivity contribution is 5.94. The minimum Gasteiger partial charge on any atom is -0.337 e. The molecule has 0 saturated carbocycles. The van der Waals surface area contributed by atoms with E-state index in [4.69, 9.17) is 0 Å². The molecule has 1 fully saturated rings. The molecular weight excluding hydrogens is 459 g/mol. The van der Waals surface area contributed by atoms with E-state index < -0.39 is 4.92 Å². The number of nitrogens with zero attached hydrogens (tertiary/aromatic N) is 4. The molecule has 3 aromatic carbocycles. The van der Waals surface area contributed by atoms with Crippen molar-refractivity contribution in [1.82, 2.24) is 14.7 Å². The second-order valence-electron chi connectivity index (χ2n) is 9.04. The molecule has 1 saturated heterocycles. The van der Waals surface area contributed by atoms with Crippen LogP contribution >= 0.6 is 0 Å². The fourth-order valence-corrected chi connectivity index (χ4v) is 4.68. The number of nitro groups is 1. The molecule has 0 unspecified atom stereocenters. The summed E-state index contributed by atoms with van der Waals surface area (Å²) >= 11 is 0. The van der Waals surface area contributed by atoms with E-state index in [2.05, 4.69) is 17.2 Å². The number of benzene rings is 3. The van der Waals surface area contributed by atoms with E-state index in [1.54, 1.807) is 30.3 Å². The molecule has 0 spiro atoms. The maximum atomic E-state index is 13.6. The summed E-state index contributed by atoms with van der Waals surface area (Å²) in [6.07, 6.45) is 2.79. The standard InChI is InChI=1S/C28H25FN4O3/c29-23-11-9-22(10-12-23)26-19-27(32(30-26)24-7-4-8-25(18-24)33(35)36)28(34)31-15-13-21(14-16-31)17-20-5-2-1-3-6-20/h1-12,18-19,21H,13-17H2. The van der Waals surface area contributed by atoms with E-state index in [-0.39, 0.29) is 17.4 Å². The van der Waals surface area contributed by atoms with Gasteiger partial charge in [0.25, 0.3) is 11.6 Å². The van der Waals surface area contributed by atoms with E-state index in [0.717, 1.165) is 19.3 Å². The molecule has 0 atom stereocenters. The van der Waals surface area contributed by atoms with Crippen molar-refractivity contribution in [2.45, 2.75) is 19.3 Å². The van der Waals surface area contributed by atoms with Crippen LogP contribution in [0.2, 0.25) is 0 Å². The third kappa shape index (κ3) is 5.02. The minimum atomic E-state index is -0.479. The molecule has 1 amide bonds. The van der Waals surface area contributed by atoms with Crippen molar-refractivity contribution in [3.63, 3.8) is 0 Å². The number of carbonyl (C=O) groups is 1. The van der Waals surface area contributed by atoms with Crippen molar-refractivity contribution < 1.29 is 14.1 Å². The molecule has 5 rings (SSSR count). The van der Waals surface area contributed by atoms with Gasteiger partial charge in [-0.05, 0) is 67.1 Å². The van der Waals surface area contributed by atoms with Gasteiger partial charge in [0.15, 0.2) is 0 Å². The summed E-state index contributed by atoms with van der Waals surface area (Å²) in [5.41, 5.74) is 3.08. The molecule has 8 heteroatoms. The third-order valence-corrected chi connectivity index (χ3v) is 6.62. The highest BCUT2D eigenvalue weighted by atomic mass is 19.1. The molecule has 0 aliphatic carbocycles. The number of hydrogen-bond acceptors (Lipinski definition) is 4. The average Bonchev–Trinajstić information content (AvgIpc) is 3.35. The summed E-state index contributed by atoms with van der Waals surface area (Å²) < 4.78 is 14.9. The third-order valence-electron chi connectivity index (χ3n) is 6.62. The van der Waals surface area contributed by atoms with Crippen LogP contribution in [0.3, 0.4) is 0 Å². The van der Waals surface area contributed by atoms with Crippen LogP contribution in [0.15, 0.2) is 84.9 Å². The maximum Gasteiger partial charge on any atom is 0.272 e. The van der Waals surface area contributed by atoms with Crippen LogP contribution in [0.5, 0.6) is 0 Å². The van der Waals surface area contributed by atoms with Crippen molar-refractivity contribution in [2.75, 3.05) is 13.1 Å². The zero-order valence-corrected chi connectivity index (χ0v) is 19.6.